The molecule has 0 aromatic heterocycles. The molecule has 1 aliphatic rings. The number of nitrogens with one attached hydrogen (secondary N) is 1. The first-order valence-corrected chi connectivity index (χ1v) is 7.93. The Kier molecular flexibility index (Phi) is 5.20. The lowest BCUT2D eigenvalue weighted by molar-refractivity contribution is -0.123. The second-order valence-electron chi connectivity index (χ2n) is 5.76. The fourth-order valence-corrected chi connectivity index (χ4v) is 2.54. The van der Waals surface area contributed by atoms with Gasteiger partial charge in [0.1, 0.15) is 6.54 Å². The molecule has 0 atom stereocenters. The van der Waals surface area contributed by atoms with E-state index in [1.165, 1.54) is 0 Å². The van der Waals surface area contributed by atoms with E-state index in [0.717, 1.165) is 23.5 Å². The molecule has 0 aliphatic carbocycles. The molecule has 9 heteroatoms. The topological polar surface area (TPSA) is 67.9 Å². The van der Waals surface area contributed by atoms with E-state index < -0.39 is 41.5 Å². The van der Waals surface area contributed by atoms with Crippen molar-refractivity contribution in [2.45, 2.75) is 13.5 Å². The number of carbonyl (C=O) groups excluding carboxylic acids is 2. The Balaban J connectivity index is 1.67. The summed E-state index contributed by atoms with van der Waals surface area (Å²) in [5, 5.41) is 2.57. The van der Waals surface area contributed by atoms with Gasteiger partial charge in [0, 0.05) is 13.5 Å². The monoisotopic (exact) mass is 380 g/mol. The average Bonchev–Trinajstić information content (AvgIpc) is 3.11. The summed E-state index contributed by atoms with van der Waals surface area (Å²) in [5.41, 5.74) is 0.209. The second kappa shape index (κ2) is 7.56. The molecular weight excluding hydrogens is 365 g/mol. The lowest BCUT2D eigenvalue weighted by atomic mass is 10.2. The highest BCUT2D eigenvalue weighted by Crippen LogP contribution is 2.32. The summed E-state index contributed by atoms with van der Waals surface area (Å²) in [6.07, 6.45) is 0. The van der Waals surface area contributed by atoms with Gasteiger partial charge in [0.2, 0.25) is 18.6 Å². The highest BCUT2D eigenvalue weighted by Gasteiger charge is 2.23. The minimum absolute atomic E-state index is 0.124. The maximum atomic E-state index is 13.9. The molecule has 3 rings (SSSR count). The number of ether oxygens (including phenoxy) is 2. The normalized spacial score (nSPS) is 12.0. The molecule has 1 N–H and O–H groups in total. The minimum atomic E-state index is -1.71. The van der Waals surface area contributed by atoms with Crippen molar-refractivity contribution in [3.05, 3.63) is 53.3 Å². The number of nitrogens with zero attached hydrogens (tertiary/aromatic N) is 1. The van der Waals surface area contributed by atoms with Crippen molar-refractivity contribution in [3.8, 4) is 11.5 Å². The van der Waals surface area contributed by atoms with Crippen molar-refractivity contribution in [2.75, 3.05) is 18.2 Å². The van der Waals surface area contributed by atoms with Crippen molar-refractivity contribution in [2.24, 2.45) is 0 Å². The summed E-state index contributed by atoms with van der Waals surface area (Å²) in [5.74, 6) is -4.77. The van der Waals surface area contributed by atoms with Gasteiger partial charge in [0.05, 0.1) is 5.69 Å². The number of hydrogen-bond donors (Lipinski definition) is 1. The molecule has 27 heavy (non-hydrogen) atoms. The number of fused-ring (bicyclic) bond motifs is 1. The second-order valence-corrected chi connectivity index (χ2v) is 5.76. The fourth-order valence-electron chi connectivity index (χ4n) is 2.54. The number of amides is 2. The summed E-state index contributed by atoms with van der Waals surface area (Å²) in [6, 6.07) is 6.71. The first kappa shape index (κ1) is 18.6. The van der Waals surface area contributed by atoms with Crippen molar-refractivity contribution in [1.82, 2.24) is 5.32 Å². The molecule has 2 amide bonds. The van der Waals surface area contributed by atoms with Crippen molar-refractivity contribution >= 4 is 17.5 Å². The smallest absolute Gasteiger partial charge is 0.240 e. The first-order valence-electron chi connectivity index (χ1n) is 7.93. The maximum absolute atomic E-state index is 13.9. The number of halogens is 3. The molecular formula is C18H15F3N2O4. The molecule has 0 saturated heterocycles. The Labute approximate surface area is 152 Å². The van der Waals surface area contributed by atoms with Gasteiger partial charge in [-0.2, -0.15) is 0 Å². The third kappa shape index (κ3) is 3.97. The molecule has 6 nitrogen and oxygen atoms in total. The van der Waals surface area contributed by atoms with Crippen LogP contribution >= 0.6 is 0 Å². The number of hydrogen-bond acceptors (Lipinski definition) is 4. The first-order chi connectivity index (χ1) is 12.9. The van der Waals surface area contributed by atoms with Gasteiger partial charge in [0.25, 0.3) is 0 Å². The largest absolute Gasteiger partial charge is 0.454 e. The standard InChI is InChI=1S/C18H15F3N2O4/c1-10(24)23(13-4-3-12(19)17(20)18(13)21)8-16(25)22-7-11-2-5-14-15(6-11)27-9-26-14/h2-6H,7-9H2,1H3,(H,22,25). The molecule has 0 bridgehead atoms. The Morgan fingerprint density at radius 3 is 2.56 bits per heavy atom. The van der Waals surface area contributed by atoms with Gasteiger partial charge in [-0.1, -0.05) is 6.07 Å². The Hall–Kier alpha value is -3.23. The van der Waals surface area contributed by atoms with Gasteiger partial charge >= 0.3 is 0 Å². The van der Waals surface area contributed by atoms with Gasteiger partial charge in [-0.3, -0.25) is 9.59 Å². The summed E-state index contributed by atoms with van der Waals surface area (Å²) >= 11 is 0. The van der Waals surface area contributed by atoms with Crippen LogP contribution in [0.25, 0.3) is 0 Å². The van der Waals surface area contributed by atoms with Crippen LogP contribution in [0.4, 0.5) is 18.9 Å². The fraction of sp³-hybridized carbons (Fsp3) is 0.222. The quantitative estimate of drug-likeness (QED) is 0.810. The Bertz CT molecular complexity index is 904. The van der Waals surface area contributed by atoms with Gasteiger partial charge in [-0.05, 0) is 29.8 Å². The predicted octanol–water partition coefficient (Wildman–Crippen LogP) is 2.50. The minimum Gasteiger partial charge on any atom is -0.454 e. The van der Waals surface area contributed by atoms with Crippen LogP contribution in [-0.2, 0) is 16.1 Å². The molecule has 142 valence electrons. The SMILES string of the molecule is CC(=O)N(CC(=O)NCc1ccc2c(c1)OCO2)c1ccc(F)c(F)c1F. The van der Waals surface area contributed by atoms with Gasteiger partial charge in [-0.15, -0.1) is 0 Å². The van der Waals surface area contributed by atoms with Crippen LogP contribution < -0.4 is 19.7 Å². The summed E-state index contributed by atoms with van der Waals surface area (Å²) in [7, 11) is 0. The van der Waals surface area contributed by atoms with E-state index in [1.807, 2.05) is 0 Å². The third-order valence-corrected chi connectivity index (χ3v) is 3.91. The molecule has 2 aromatic carbocycles. The van der Waals surface area contributed by atoms with Gasteiger partial charge in [-0.25, -0.2) is 13.2 Å². The van der Waals surface area contributed by atoms with E-state index in [4.69, 9.17) is 9.47 Å². The maximum Gasteiger partial charge on any atom is 0.240 e. The van der Waals surface area contributed by atoms with Crippen molar-refractivity contribution < 1.29 is 32.2 Å². The number of anilines is 1. The number of rotatable bonds is 5. The van der Waals surface area contributed by atoms with Crippen LogP contribution in [0.5, 0.6) is 11.5 Å². The molecule has 2 aromatic rings. The molecule has 1 aliphatic heterocycles. The van der Waals surface area contributed by atoms with Crippen LogP contribution in [0.3, 0.4) is 0 Å². The highest BCUT2D eigenvalue weighted by molar-refractivity contribution is 5.97. The zero-order valence-electron chi connectivity index (χ0n) is 14.2. The van der Waals surface area contributed by atoms with E-state index >= 15 is 0 Å². The van der Waals surface area contributed by atoms with E-state index in [2.05, 4.69) is 5.32 Å². The lowest BCUT2D eigenvalue weighted by Crippen LogP contribution is -2.40. The molecule has 0 radical (unpaired) electrons. The molecule has 0 spiro atoms. The van der Waals surface area contributed by atoms with Crippen LogP contribution in [0, 0.1) is 17.5 Å². The Morgan fingerprint density at radius 1 is 1.07 bits per heavy atom. The third-order valence-electron chi connectivity index (χ3n) is 3.91. The number of benzene rings is 2. The number of carbonyl (C=O) groups is 2. The molecule has 0 saturated carbocycles. The van der Waals surface area contributed by atoms with Crippen LogP contribution in [0.2, 0.25) is 0 Å². The van der Waals surface area contributed by atoms with Crippen LogP contribution in [0.15, 0.2) is 30.3 Å². The van der Waals surface area contributed by atoms with Crippen LogP contribution in [0.1, 0.15) is 12.5 Å². The molecule has 0 unspecified atom stereocenters. The predicted molar refractivity (Wildman–Crippen MR) is 88.8 cm³/mol. The van der Waals surface area contributed by atoms with Crippen molar-refractivity contribution in [3.63, 3.8) is 0 Å². The summed E-state index contributed by atoms with van der Waals surface area (Å²) < 4.78 is 50.9. The Morgan fingerprint density at radius 2 is 1.81 bits per heavy atom. The molecule has 0 fully saturated rings. The van der Waals surface area contributed by atoms with Gasteiger partial charge < -0.3 is 19.7 Å². The molecule has 1 heterocycles. The lowest BCUT2D eigenvalue weighted by Gasteiger charge is -2.21. The zero-order chi connectivity index (χ0) is 19.6. The van der Waals surface area contributed by atoms with Gasteiger partial charge in [0.15, 0.2) is 29.0 Å². The highest BCUT2D eigenvalue weighted by atomic mass is 19.2. The van der Waals surface area contributed by atoms with E-state index in [0.29, 0.717) is 17.6 Å². The summed E-state index contributed by atoms with van der Waals surface area (Å²) in [6.45, 7) is 0.785. The van der Waals surface area contributed by atoms with Crippen LogP contribution in [-0.4, -0.2) is 25.2 Å². The summed E-state index contributed by atoms with van der Waals surface area (Å²) in [4.78, 5) is 24.6. The average molecular weight is 380 g/mol. The van der Waals surface area contributed by atoms with Crippen molar-refractivity contribution in [1.29, 1.82) is 0 Å². The zero-order valence-corrected chi connectivity index (χ0v) is 14.2. The van der Waals surface area contributed by atoms with E-state index in [-0.39, 0.29) is 13.3 Å². The van der Waals surface area contributed by atoms with E-state index in [1.54, 1.807) is 18.2 Å². The van der Waals surface area contributed by atoms with E-state index in [9.17, 15) is 22.8 Å².